The number of hydrogen-bond donors (Lipinski definition) is 2. The van der Waals surface area contributed by atoms with Crippen LogP contribution in [-0.4, -0.2) is 32.0 Å². The molecular weight excluding hydrogens is 366 g/mol. The van der Waals surface area contributed by atoms with Gasteiger partial charge in [-0.15, -0.1) is 0 Å². The van der Waals surface area contributed by atoms with E-state index in [0.717, 1.165) is 17.7 Å². The molecule has 1 heterocycles. The molecule has 148 valence electrons. The fraction of sp³-hybridized carbons (Fsp3) is 0.455. The van der Waals surface area contributed by atoms with Crippen LogP contribution in [0.4, 0.5) is 0 Å². The molecule has 0 radical (unpaired) electrons. The van der Waals surface area contributed by atoms with E-state index in [-0.39, 0.29) is 11.6 Å². The molecule has 1 aromatic carbocycles. The van der Waals surface area contributed by atoms with Crippen LogP contribution in [0.25, 0.3) is 0 Å². The van der Waals surface area contributed by atoms with Crippen molar-refractivity contribution < 1.29 is 14.8 Å². The van der Waals surface area contributed by atoms with Gasteiger partial charge >= 0.3 is 0 Å². The zero-order valence-corrected chi connectivity index (χ0v) is 16.6. The highest BCUT2D eigenvalue weighted by Gasteiger charge is 2.58. The lowest BCUT2D eigenvalue weighted by Crippen LogP contribution is -2.87. The zero-order valence-electron chi connectivity index (χ0n) is 16.6. The van der Waals surface area contributed by atoms with Gasteiger partial charge in [0.2, 0.25) is 0 Å². The van der Waals surface area contributed by atoms with E-state index in [1.807, 2.05) is 32.1 Å². The third-order valence-electron chi connectivity index (χ3n) is 5.69. The lowest BCUT2D eigenvalue weighted by Gasteiger charge is -2.44. The summed E-state index contributed by atoms with van der Waals surface area (Å²) in [5.74, 6) is -0.430. The van der Waals surface area contributed by atoms with E-state index in [0.29, 0.717) is 31.3 Å². The van der Waals surface area contributed by atoms with E-state index >= 15 is 0 Å². The highest BCUT2D eigenvalue weighted by atomic mass is 16.5. The average Bonchev–Trinajstić information content (AvgIpc) is 2.75. The van der Waals surface area contributed by atoms with Gasteiger partial charge in [-0.1, -0.05) is 6.07 Å². The average molecular weight is 390 g/mol. The van der Waals surface area contributed by atoms with Crippen LogP contribution in [0.2, 0.25) is 0 Å². The SMILES string of the molecule is CCOc1ccc([C@@H]2[C@H]3C[NH2+]CC=C3[C@@H](C#N)C(=N)C2(C#N)C#N)cc1OCC. The van der Waals surface area contributed by atoms with E-state index in [4.69, 9.17) is 14.9 Å². The van der Waals surface area contributed by atoms with E-state index in [2.05, 4.69) is 23.5 Å². The Bertz CT molecular complexity index is 949. The topological polar surface area (TPSA) is 130 Å². The van der Waals surface area contributed by atoms with Gasteiger partial charge in [-0.25, -0.2) is 0 Å². The smallest absolute Gasteiger partial charge is 0.189 e. The van der Waals surface area contributed by atoms with Crippen LogP contribution in [0.15, 0.2) is 29.8 Å². The number of hydrogen-bond acceptors (Lipinski definition) is 6. The van der Waals surface area contributed by atoms with Gasteiger partial charge in [-0.05, 0) is 43.2 Å². The first-order valence-corrected chi connectivity index (χ1v) is 9.80. The number of nitrogens with two attached hydrogens (primary N) is 1. The summed E-state index contributed by atoms with van der Waals surface area (Å²) in [7, 11) is 0. The molecule has 0 aromatic heterocycles. The molecule has 1 aliphatic carbocycles. The van der Waals surface area contributed by atoms with Crippen molar-refractivity contribution >= 4 is 5.71 Å². The van der Waals surface area contributed by atoms with E-state index in [1.54, 1.807) is 6.07 Å². The second-order valence-electron chi connectivity index (χ2n) is 7.13. The quantitative estimate of drug-likeness (QED) is 0.742. The third-order valence-corrected chi connectivity index (χ3v) is 5.69. The number of nitrogens with zero attached hydrogens (tertiary/aromatic N) is 3. The zero-order chi connectivity index (χ0) is 21.0. The molecular formula is C22H24N5O2+. The van der Waals surface area contributed by atoms with E-state index in [9.17, 15) is 15.8 Å². The number of rotatable bonds is 5. The summed E-state index contributed by atoms with van der Waals surface area (Å²) in [5, 5.41) is 40.5. The van der Waals surface area contributed by atoms with Gasteiger partial charge in [-0.3, -0.25) is 0 Å². The first kappa shape index (κ1) is 20.4. The monoisotopic (exact) mass is 390 g/mol. The molecule has 1 saturated carbocycles. The molecule has 0 saturated heterocycles. The Labute approximate surface area is 170 Å². The maximum atomic E-state index is 10.1. The van der Waals surface area contributed by atoms with Crippen molar-refractivity contribution in [2.24, 2.45) is 17.3 Å². The van der Waals surface area contributed by atoms with Crippen molar-refractivity contribution in [3.63, 3.8) is 0 Å². The van der Waals surface area contributed by atoms with Crippen molar-refractivity contribution in [1.29, 1.82) is 21.2 Å². The fourth-order valence-electron chi connectivity index (χ4n) is 4.47. The Morgan fingerprint density at radius 1 is 1.14 bits per heavy atom. The van der Waals surface area contributed by atoms with Crippen molar-refractivity contribution in [1.82, 2.24) is 0 Å². The predicted molar refractivity (Wildman–Crippen MR) is 105 cm³/mol. The number of fused-ring (bicyclic) bond motifs is 1. The molecule has 3 rings (SSSR count). The molecule has 0 bridgehead atoms. The minimum absolute atomic E-state index is 0.133. The Morgan fingerprint density at radius 2 is 1.83 bits per heavy atom. The number of nitriles is 3. The summed E-state index contributed by atoms with van der Waals surface area (Å²) < 4.78 is 11.4. The van der Waals surface area contributed by atoms with Crippen molar-refractivity contribution in [3.8, 4) is 29.7 Å². The molecule has 3 N–H and O–H groups in total. The number of ether oxygens (including phenoxy) is 2. The Balaban J connectivity index is 2.21. The second-order valence-corrected chi connectivity index (χ2v) is 7.13. The Morgan fingerprint density at radius 3 is 2.45 bits per heavy atom. The lowest BCUT2D eigenvalue weighted by atomic mass is 9.54. The summed E-state index contributed by atoms with van der Waals surface area (Å²) in [5.41, 5.74) is -0.249. The first-order valence-electron chi connectivity index (χ1n) is 9.80. The predicted octanol–water partition coefficient (Wildman–Crippen LogP) is 1.89. The second kappa shape index (κ2) is 8.35. The number of benzene rings is 1. The van der Waals surface area contributed by atoms with Gasteiger partial charge in [0.25, 0.3) is 0 Å². The van der Waals surface area contributed by atoms with E-state index < -0.39 is 17.3 Å². The number of nitrogens with one attached hydrogen (secondary N) is 1. The van der Waals surface area contributed by atoms with Crippen LogP contribution < -0.4 is 14.8 Å². The Kier molecular flexibility index (Phi) is 5.87. The van der Waals surface area contributed by atoms with Crippen molar-refractivity contribution in [2.45, 2.75) is 19.8 Å². The third kappa shape index (κ3) is 3.23. The van der Waals surface area contributed by atoms with Gasteiger partial charge < -0.3 is 20.2 Å². The van der Waals surface area contributed by atoms with Gasteiger partial charge in [-0.2, -0.15) is 15.8 Å². The van der Waals surface area contributed by atoms with Gasteiger partial charge in [0.05, 0.1) is 50.2 Å². The molecule has 7 nitrogen and oxygen atoms in total. The maximum absolute atomic E-state index is 10.1. The largest absolute Gasteiger partial charge is 0.490 e. The summed E-state index contributed by atoms with van der Waals surface area (Å²) in [6.07, 6.45) is 1.97. The lowest BCUT2D eigenvalue weighted by molar-refractivity contribution is -0.654. The molecule has 1 aromatic rings. The fourth-order valence-corrected chi connectivity index (χ4v) is 4.47. The van der Waals surface area contributed by atoms with Gasteiger partial charge in [0, 0.05) is 11.8 Å². The van der Waals surface area contributed by atoms with Crippen LogP contribution in [0, 0.1) is 56.7 Å². The first-order chi connectivity index (χ1) is 14.1. The number of quaternary nitrogens is 1. The summed E-state index contributed by atoms with van der Waals surface area (Å²) >= 11 is 0. The normalized spacial score (nSPS) is 24.9. The van der Waals surface area contributed by atoms with Crippen LogP contribution in [0.5, 0.6) is 11.5 Å². The highest BCUT2D eigenvalue weighted by molar-refractivity contribution is 6.00. The molecule has 1 fully saturated rings. The summed E-state index contributed by atoms with van der Waals surface area (Å²) in [4.78, 5) is 0. The van der Waals surface area contributed by atoms with Gasteiger partial charge in [0.1, 0.15) is 5.92 Å². The van der Waals surface area contributed by atoms with Crippen molar-refractivity contribution in [3.05, 3.63) is 35.4 Å². The minimum atomic E-state index is -1.70. The van der Waals surface area contributed by atoms with Gasteiger partial charge in [0.15, 0.2) is 16.9 Å². The van der Waals surface area contributed by atoms with Crippen LogP contribution in [-0.2, 0) is 0 Å². The molecule has 0 amide bonds. The standard InChI is InChI=1S/C22H23N5O2/c1-3-28-18-6-5-14(9-19(18)29-4-2)20-17-11-27-8-7-15(17)16(10-23)21(26)22(20,12-24)13-25/h5-7,9,16-17,20,26-27H,3-4,8,11H2,1-2H3/p+1/t16-,17+,20-/m1/s1. The minimum Gasteiger partial charge on any atom is -0.490 e. The summed E-state index contributed by atoms with van der Waals surface area (Å²) in [6, 6.07) is 11.8. The molecule has 3 atom stereocenters. The maximum Gasteiger partial charge on any atom is 0.189 e. The molecule has 29 heavy (non-hydrogen) atoms. The molecule has 0 spiro atoms. The van der Waals surface area contributed by atoms with Crippen LogP contribution in [0.1, 0.15) is 25.3 Å². The van der Waals surface area contributed by atoms with Crippen LogP contribution >= 0.6 is 0 Å². The molecule has 2 aliphatic rings. The molecule has 7 heteroatoms. The van der Waals surface area contributed by atoms with Crippen LogP contribution in [0.3, 0.4) is 0 Å². The molecule has 1 aliphatic heterocycles. The Hall–Kier alpha value is -3.34. The highest BCUT2D eigenvalue weighted by Crippen LogP contribution is 2.53. The molecule has 0 unspecified atom stereocenters. The van der Waals surface area contributed by atoms with Crippen molar-refractivity contribution in [2.75, 3.05) is 26.3 Å². The van der Waals surface area contributed by atoms with E-state index in [1.165, 1.54) is 0 Å². The summed E-state index contributed by atoms with van der Waals surface area (Å²) in [6.45, 7) is 6.09.